The fraction of sp³-hybridized carbons (Fsp3) is 0.188. The highest BCUT2D eigenvalue weighted by atomic mass is 35.5. The van der Waals surface area contributed by atoms with Gasteiger partial charge < -0.3 is 10.5 Å². The van der Waals surface area contributed by atoms with Crippen molar-refractivity contribution in [3.8, 4) is 0 Å². The lowest BCUT2D eigenvalue weighted by Gasteiger charge is -2.10. The third kappa shape index (κ3) is 3.31. The van der Waals surface area contributed by atoms with Crippen molar-refractivity contribution in [1.82, 2.24) is 0 Å². The molecule has 3 nitrogen and oxygen atoms in total. The smallest absolute Gasteiger partial charge is 0.338 e. The largest absolute Gasteiger partial charge is 0.457 e. The molecular weight excluding hydrogens is 274 g/mol. The molecule has 2 aromatic carbocycles. The van der Waals surface area contributed by atoms with Crippen LogP contribution in [-0.2, 0) is 11.3 Å². The second-order valence-electron chi connectivity index (χ2n) is 4.73. The minimum Gasteiger partial charge on any atom is -0.457 e. The number of ether oxygens (including phenoxy) is 1. The van der Waals surface area contributed by atoms with E-state index < -0.39 is 0 Å². The van der Waals surface area contributed by atoms with E-state index in [4.69, 9.17) is 22.1 Å². The van der Waals surface area contributed by atoms with Crippen molar-refractivity contribution in [3.63, 3.8) is 0 Å². The number of benzene rings is 2. The fourth-order valence-electron chi connectivity index (χ4n) is 1.90. The highest BCUT2D eigenvalue weighted by Crippen LogP contribution is 2.19. The molecule has 104 valence electrons. The summed E-state index contributed by atoms with van der Waals surface area (Å²) < 4.78 is 5.29. The molecule has 20 heavy (non-hydrogen) atoms. The number of carbonyl (C=O) groups excluding carboxylic acids is 1. The van der Waals surface area contributed by atoms with Crippen LogP contribution in [0, 0.1) is 13.8 Å². The van der Waals surface area contributed by atoms with E-state index in [0.29, 0.717) is 16.3 Å². The molecule has 0 aliphatic carbocycles. The Morgan fingerprint density at radius 3 is 2.45 bits per heavy atom. The molecular formula is C16H16ClNO2. The molecule has 0 aliphatic heterocycles. The van der Waals surface area contributed by atoms with E-state index >= 15 is 0 Å². The summed E-state index contributed by atoms with van der Waals surface area (Å²) in [5.74, 6) is -0.371. The number of halogens is 1. The Kier molecular flexibility index (Phi) is 4.30. The van der Waals surface area contributed by atoms with Crippen molar-refractivity contribution >= 4 is 23.3 Å². The van der Waals surface area contributed by atoms with Crippen LogP contribution in [0.25, 0.3) is 0 Å². The summed E-state index contributed by atoms with van der Waals surface area (Å²) in [4.78, 5) is 12.1. The van der Waals surface area contributed by atoms with Crippen LogP contribution in [0.1, 0.15) is 27.0 Å². The minimum atomic E-state index is -0.371. The Labute approximate surface area is 123 Å². The topological polar surface area (TPSA) is 52.3 Å². The SMILES string of the molecule is Cc1cc(C)c(C(=O)OCc2ccc(Cl)cc2)cc1N. The van der Waals surface area contributed by atoms with Crippen molar-refractivity contribution in [3.05, 3.63) is 63.7 Å². The molecule has 0 saturated carbocycles. The van der Waals surface area contributed by atoms with Crippen LogP contribution < -0.4 is 5.73 Å². The third-order valence-electron chi connectivity index (χ3n) is 3.12. The molecule has 4 heteroatoms. The molecule has 0 aliphatic rings. The van der Waals surface area contributed by atoms with E-state index in [1.54, 1.807) is 18.2 Å². The van der Waals surface area contributed by atoms with Crippen LogP contribution in [0.15, 0.2) is 36.4 Å². The van der Waals surface area contributed by atoms with Gasteiger partial charge in [-0.15, -0.1) is 0 Å². The van der Waals surface area contributed by atoms with Gasteiger partial charge in [0.2, 0.25) is 0 Å². The molecule has 0 aromatic heterocycles. The third-order valence-corrected chi connectivity index (χ3v) is 3.37. The van der Waals surface area contributed by atoms with Crippen LogP contribution >= 0.6 is 11.6 Å². The van der Waals surface area contributed by atoms with Crippen LogP contribution in [0.3, 0.4) is 0 Å². The Morgan fingerprint density at radius 1 is 1.15 bits per heavy atom. The number of nitrogen functional groups attached to an aromatic ring is 1. The summed E-state index contributed by atoms with van der Waals surface area (Å²) in [5.41, 5.74) is 9.63. The van der Waals surface area contributed by atoms with Gasteiger partial charge in [-0.25, -0.2) is 4.79 Å². The van der Waals surface area contributed by atoms with Crippen LogP contribution in [0.2, 0.25) is 5.02 Å². The summed E-state index contributed by atoms with van der Waals surface area (Å²) in [5, 5.41) is 0.655. The van der Waals surface area contributed by atoms with Gasteiger partial charge in [0, 0.05) is 10.7 Å². The molecule has 0 amide bonds. The molecule has 2 aromatic rings. The quantitative estimate of drug-likeness (QED) is 0.689. The maximum atomic E-state index is 12.1. The molecule has 0 bridgehead atoms. The standard InChI is InChI=1S/C16H16ClNO2/c1-10-7-11(2)15(18)8-14(10)16(19)20-9-12-3-5-13(17)6-4-12/h3-8H,9,18H2,1-2H3. The van der Waals surface area contributed by atoms with Crippen LogP contribution in [0.5, 0.6) is 0 Å². The molecule has 0 heterocycles. The van der Waals surface area contributed by atoms with E-state index in [-0.39, 0.29) is 12.6 Å². The van der Waals surface area contributed by atoms with E-state index in [0.717, 1.165) is 16.7 Å². The van der Waals surface area contributed by atoms with Crippen LogP contribution in [-0.4, -0.2) is 5.97 Å². The summed E-state index contributed by atoms with van der Waals surface area (Å²) in [6.45, 7) is 3.99. The number of nitrogens with two attached hydrogens (primary N) is 1. The number of carbonyl (C=O) groups is 1. The zero-order chi connectivity index (χ0) is 14.7. The Morgan fingerprint density at radius 2 is 1.80 bits per heavy atom. The van der Waals surface area contributed by atoms with Crippen LogP contribution in [0.4, 0.5) is 5.69 Å². The summed E-state index contributed by atoms with van der Waals surface area (Å²) in [6.07, 6.45) is 0. The van der Waals surface area contributed by atoms with Crippen molar-refractivity contribution in [2.45, 2.75) is 20.5 Å². The molecule has 0 atom stereocenters. The molecule has 0 unspecified atom stereocenters. The highest BCUT2D eigenvalue weighted by Gasteiger charge is 2.12. The number of hydrogen-bond acceptors (Lipinski definition) is 3. The van der Waals surface area contributed by atoms with Crippen molar-refractivity contribution in [2.75, 3.05) is 5.73 Å². The lowest BCUT2D eigenvalue weighted by Crippen LogP contribution is -2.08. The minimum absolute atomic E-state index is 0.212. The van der Waals surface area contributed by atoms with Crippen molar-refractivity contribution < 1.29 is 9.53 Å². The second-order valence-corrected chi connectivity index (χ2v) is 5.16. The van der Waals surface area contributed by atoms with Crippen molar-refractivity contribution in [1.29, 1.82) is 0 Å². The number of aryl methyl sites for hydroxylation is 2. The Bertz CT molecular complexity index is 636. The van der Waals surface area contributed by atoms with E-state index in [2.05, 4.69) is 0 Å². The Hall–Kier alpha value is -2.00. The molecule has 0 saturated heterocycles. The highest BCUT2D eigenvalue weighted by molar-refractivity contribution is 6.30. The van der Waals surface area contributed by atoms with Crippen molar-refractivity contribution in [2.24, 2.45) is 0 Å². The molecule has 2 N–H and O–H groups in total. The van der Waals surface area contributed by atoms with Gasteiger partial charge in [-0.3, -0.25) is 0 Å². The summed E-state index contributed by atoms with van der Waals surface area (Å²) >= 11 is 5.80. The molecule has 2 rings (SSSR count). The first-order chi connectivity index (χ1) is 9.47. The van der Waals surface area contributed by atoms with Gasteiger partial charge in [0.15, 0.2) is 0 Å². The lowest BCUT2D eigenvalue weighted by molar-refractivity contribution is 0.0472. The fourth-order valence-corrected chi connectivity index (χ4v) is 2.02. The Balaban J connectivity index is 2.09. The summed E-state index contributed by atoms with van der Waals surface area (Å²) in [6, 6.07) is 10.7. The van der Waals surface area contributed by atoms with E-state index in [1.807, 2.05) is 32.0 Å². The first kappa shape index (κ1) is 14.4. The maximum absolute atomic E-state index is 12.1. The zero-order valence-corrected chi connectivity index (χ0v) is 12.2. The van der Waals surface area contributed by atoms with Gasteiger partial charge in [-0.05, 0) is 48.7 Å². The number of rotatable bonds is 3. The molecule has 0 radical (unpaired) electrons. The zero-order valence-electron chi connectivity index (χ0n) is 11.4. The first-order valence-corrected chi connectivity index (χ1v) is 6.63. The van der Waals surface area contributed by atoms with Gasteiger partial charge in [-0.1, -0.05) is 29.8 Å². The van der Waals surface area contributed by atoms with E-state index in [1.165, 1.54) is 0 Å². The van der Waals surface area contributed by atoms with Gasteiger partial charge in [0.05, 0.1) is 5.56 Å². The first-order valence-electron chi connectivity index (χ1n) is 6.25. The number of hydrogen-bond donors (Lipinski definition) is 1. The maximum Gasteiger partial charge on any atom is 0.338 e. The molecule has 0 spiro atoms. The van der Waals surface area contributed by atoms with Gasteiger partial charge in [0.1, 0.15) is 6.61 Å². The summed E-state index contributed by atoms with van der Waals surface area (Å²) in [7, 11) is 0. The second kappa shape index (κ2) is 5.97. The van der Waals surface area contributed by atoms with Gasteiger partial charge >= 0.3 is 5.97 Å². The molecule has 0 fully saturated rings. The van der Waals surface area contributed by atoms with Gasteiger partial charge in [-0.2, -0.15) is 0 Å². The number of esters is 1. The van der Waals surface area contributed by atoms with Gasteiger partial charge in [0.25, 0.3) is 0 Å². The monoisotopic (exact) mass is 289 g/mol. The predicted octanol–water partition coefficient (Wildman–Crippen LogP) is 3.90. The lowest BCUT2D eigenvalue weighted by atomic mass is 10.0. The average Bonchev–Trinajstić information content (AvgIpc) is 2.42. The normalized spacial score (nSPS) is 10.3. The number of anilines is 1. The average molecular weight is 290 g/mol. The predicted molar refractivity (Wildman–Crippen MR) is 80.9 cm³/mol. The van der Waals surface area contributed by atoms with E-state index in [9.17, 15) is 4.79 Å².